The minimum absolute atomic E-state index is 0.0598. The van der Waals surface area contributed by atoms with Gasteiger partial charge in [-0.05, 0) is 55.0 Å². The van der Waals surface area contributed by atoms with E-state index in [0.717, 1.165) is 36.1 Å². The molecule has 1 aliphatic rings. The van der Waals surface area contributed by atoms with Crippen molar-refractivity contribution >= 4 is 17.5 Å². The minimum atomic E-state index is -0.482. The number of hydrogen-bond donors (Lipinski definition) is 2. The number of carbonyl (C=O) groups excluding carboxylic acids is 2. The first kappa shape index (κ1) is 17.2. The molecule has 2 aromatic rings. The third-order valence-electron chi connectivity index (χ3n) is 4.94. The first-order chi connectivity index (χ1) is 12.0. The molecule has 130 valence electrons. The fourth-order valence-electron chi connectivity index (χ4n) is 3.62. The van der Waals surface area contributed by atoms with Gasteiger partial charge in [0.25, 0.3) is 0 Å². The summed E-state index contributed by atoms with van der Waals surface area (Å²) in [6, 6.07) is 15.8. The van der Waals surface area contributed by atoms with Crippen LogP contribution in [0.25, 0.3) is 0 Å². The van der Waals surface area contributed by atoms with Crippen molar-refractivity contribution in [3.63, 3.8) is 0 Å². The summed E-state index contributed by atoms with van der Waals surface area (Å²) in [6.45, 7) is 3.97. The molecule has 4 nitrogen and oxygen atoms in total. The lowest BCUT2D eigenvalue weighted by Gasteiger charge is -2.34. The van der Waals surface area contributed by atoms with E-state index in [4.69, 9.17) is 0 Å². The van der Waals surface area contributed by atoms with Crippen LogP contribution in [0.2, 0.25) is 0 Å². The maximum absolute atomic E-state index is 12.9. The van der Waals surface area contributed by atoms with E-state index < -0.39 is 5.41 Å². The third kappa shape index (κ3) is 3.73. The van der Waals surface area contributed by atoms with E-state index in [1.165, 1.54) is 12.5 Å². The Bertz CT molecular complexity index is 800. The fourth-order valence-corrected chi connectivity index (χ4v) is 3.62. The van der Waals surface area contributed by atoms with Crippen molar-refractivity contribution < 1.29 is 9.59 Å². The highest BCUT2D eigenvalue weighted by Crippen LogP contribution is 2.37. The number of nitrogens with one attached hydrogen (secondary N) is 2. The normalized spacial score (nSPS) is 19.0. The van der Waals surface area contributed by atoms with Gasteiger partial charge in [-0.25, -0.2) is 0 Å². The first-order valence-electron chi connectivity index (χ1n) is 8.72. The van der Waals surface area contributed by atoms with Crippen LogP contribution in [0.15, 0.2) is 48.5 Å². The average molecular weight is 336 g/mol. The molecule has 2 aromatic carbocycles. The lowest BCUT2D eigenvalue weighted by molar-refractivity contribution is -0.127. The standard InChI is InChI=1S/C21H24N2O2/c1-15(24)23-18-10-5-7-16(13-18)14-22-20(25)21(2)12-6-9-17-8-3-4-11-19(17)21/h3-5,7-8,10-11,13H,6,9,12,14H2,1-2H3,(H,22,25)(H,23,24). The molecular formula is C21H24N2O2. The number of fused-ring (bicyclic) bond motifs is 1. The van der Waals surface area contributed by atoms with Gasteiger partial charge < -0.3 is 10.6 Å². The molecule has 0 spiro atoms. The van der Waals surface area contributed by atoms with E-state index in [0.29, 0.717) is 6.54 Å². The van der Waals surface area contributed by atoms with Crippen LogP contribution in [-0.2, 0) is 28.0 Å². The zero-order valence-corrected chi connectivity index (χ0v) is 14.8. The van der Waals surface area contributed by atoms with Gasteiger partial charge in [-0.3, -0.25) is 9.59 Å². The van der Waals surface area contributed by atoms with Crippen LogP contribution in [0.5, 0.6) is 0 Å². The molecule has 2 amide bonds. The average Bonchev–Trinajstić information content (AvgIpc) is 2.60. The van der Waals surface area contributed by atoms with Gasteiger partial charge in [0.05, 0.1) is 5.41 Å². The number of anilines is 1. The highest BCUT2D eigenvalue weighted by molar-refractivity contribution is 5.89. The van der Waals surface area contributed by atoms with E-state index in [2.05, 4.69) is 22.8 Å². The van der Waals surface area contributed by atoms with Crippen LogP contribution >= 0.6 is 0 Å². The molecule has 0 fully saturated rings. The Morgan fingerprint density at radius 3 is 2.72 bits per heavy atom. The van der Waals surface area contributed by atoms with Gasteiger partial charge >= 0.3 is 0 Å². The lowest BCUT2D eigenvalue weighted by atomic mass is 9.70. The van der Waals surface area contributed by atoms with Crippen LogP contribution in [0.1, 0.15) is 43.4 Å². The van der Waals surface area contributed by atoms with Crippen LogP contribution in [0.4, 0.5) is 5.69 Å². The second-order valence-electron chi connectivity index (χ2n) is 6.91. The molecule has 0 aromatic heterocycles. The fraction of sp³-hybridized carbons (Fsp3) is 0.333. The van der Waals surface area contributed by atoms with Gasteiger partial charge in [0.2, 0.25) is 11.8 Å². The van der Waals surface area contributed by atoms with Crippen molar-refractivity contribution in [3.05, 3.63) is 65.2 Å². The number of aryl methyl sites for hydroxylation is 1. The summed E-state index contributed by atoms with van der Waals surface area (Å²) < 4.78 is 0. The Morgan fingerprint density at radius 2 is 1.92 bits per heavy atom. The first-order valence-corrected chi connectivity index (χ1v) is 8.72. The number of benzene rings is 2. The van der Waals surface area contributed by atoms with E-state index in [1.54, 1.807) is 0 Å². The zero-order chi connectivity index (χ0) is 17.9. The Kier molecular flexibility index (Phi) is 4.88. The molecule has 2 N–H and O–H groups in total. The maximum Gasteiger partial charge on any atom is 0.230 e. The van der Waals surface area contributed by atoms with Crippen molar-refractivity contribution in [3.8, 4) is 0 Å². The van der Waals surface area contributed by atoms with Crippen LogP contribution < -0.4 is 10.6 Å². The monoisotopic (exact) mass is 336 g/mol. The van der Waals surface area contributed by atoms with Gasteiger partial charge in [0.15, 0.2) is 0 Å². The summed E-state index contributed by atoms with van der Waals surface area (Å²) in [5.74, 6) is -0.0444. The van der Waals surface area contributed by atoms with Crippen molar-refractivity contribution in [1.29, 1.82) is 0 Å². The largest absolute Gasteiger partial charge is 0.351 e. The maximum atomic E-state index is 12.9. The van der Waals surface area contributed by atoms with Gasteiger partial charge in [0, 0.05) is 19.2 Å². The molecule has 0 aliphatic heterocycles. The molecule has 1 atom stereocenters. The highest BCUT2D eigenvalue weighted by atomic mass is 16.2. The summed E-state index contributed by atoms with van der Waals surface area (Å²) in [5.41, 5.74) is 3.65. The SMILES string of the molecule is CC(=O)Nc1cccc(CNC(=O)C2(C)CCCc3ccccc32)c1. The topological polar surface area (TPSA) is 58.2 Å². The lowest BCUT2D eigenvalue weighted by Crippen LogP contribution is -2.44. The summed E-state index contributed by atoms with van der Waals surface area (Å²) in [7, 11) is 0. The smallest absolute Gasteiger partial charge is 0.230 e. The molecule has 0 bridgehead atoms. The molecule has 0 saturated heterocycles. The molecule has 4 heteroatoms. The number of rotatable bonds is 4. The van der Waals surface area contributed by atoms with Crippen LogP contribution in [0.3, 0.4) is 0 Å². The molecule has 1 unspecified atom stereocenters. The predicted molar refractivity (Wildman–Crippen MR) is 99.3 cm³/mol. The molecule has 0 radical (unpaired) electrons. The summed E-state index contributed by atoms with van der Waals surface area (Å²) in [5, 5.41) is 5.84. The van der Waals surface area contributed by atoms with E-state index in [-0.39, 0.29) is 11.8 Å². The molecule has 3 rings (SSSR count). The van der Waals surface area contributed by atoms with E-state index >= 15 is 0 Å². The minimum Gasteiger partial charge on any atom is -0.351 e. The second-order valence-corrected chi connectivity index (χ2v) is 6.91. The Labute approximate surface area is 148 Å². The van der Waals surface area contributed by atoms with Crippen LogP contribution in [0, 0.1) is 0 Å². The summed E-state index contributed by atoms with van der Waals surface area (Å²) in [6.07, 6.45) is 2.93. The number of hydrogen-bond acceptors (Lipinski definition) is 2. The Morgan fingerprint density at radius 1 is 1.12 bits per heavy atom. The Hall–Kier alpha value is -2.62. The Balaban J connectivity index is 1.72. The molecule has 0 saturated carbocycles. The van der Waals surface area contributed by atoms with Crippen molar-refractivity contribution in [1.82, 2.24) is 5.32 Å². The van der Waals surface area contributed by atoms with E-state index in [9.17, 15) is 9.59 Å². The van der Waals surface area contributed by atoms with Crippen molar-refractivity contribution in [2.45, 2.75) is 45.1 Å². The number of carbonyl (C=O) groups is 2. The third-order valence-corrected chi connectivity index (χ3v) is 4.94. The van der Waals surface area contributed by atoms with Gasteiger partial charge in [-0.15, -0.1) is 0 Å². The molecule has 25 heavy (non-hydrogen) atoms. The van der Waals surface area contributed by atoms with Gasteiger partial charge in [-0.2, -0.15) is 0 Å². The van der Waals surface area contributed by atoms with Gasteiger partial charge in [0.1, 0.15) is 0 Å². The molecular weight excluding hydrogens is 312 g/mol. The molecule has 1 aliphatic carbocycles. The quantitative estimate of drug-likeness (QED) is 0.897. The summed E-state index contributed by atoms with van der Waals surface area (Å²) in [4.78, 5) is 24.1. The molecule has 0 heterocycles. The van der Waals surface area contributed by atoms with Crippen molar-refractivity contribution in [2.24, 2.45) is 0 Å². The highest BCUT2D eigenvalue weighted by Gasteiger charge is 2.38. The zero-order valence-electron chi connectivity index (χ0n) is 14.8. The predicted octanol–water partition coefficient (Wildman–Crippen LogP) is 3.56. The number of amides is 2. The van der Waals surface area contributed by atoms with Gasteiger partial charge in [-0.1, -0.05) is 36.4 Å². The van der Waals surface area contributed by atoms with Crippen LogP contribution in [-0.4, -0.2) is 11.8 Å². The second kappa shape index (κ2) is 7.09. The van der Waals surface area contributed by atoms with Crippen molar-refractivity contribution in [2.75, 3.05) is 5.32 Å². The summed E-state index contributed by atoms with van der Waals surface area (Å²) >= 11 is 0. The van der Waals surface area contributed by atoms with E-state index in [1.807, 2.05) is 43.3 Å².